The molecule has 0 aliphatic carbocycles. The average molecular weight is 330 g/mol. The smallest absolute Gasteiger partial charge is 0.307 e. The molecular formula is C14H18O9. The lowest BCUT2D eigenvalue weighted by Gasteiger charge is -2.33. The Morgan fingerprint density at radius 2 is 1.57 bits per heavy atom. The molecule has 0 N–H and O–H groups in total. The number of hydrogen-bond donors (Lipinski definition) is 0. The van der Waals surface area contributed by atoms with Gasteiger partial charge in [0.25, 0.3) is 6.29 Å². The van der Waals surface area contributed by atoms with E-state index in [0.717, 1.165) is 13.8 Å². The lowest BCUT2D eigenvalue weighted by Crippen LogP contribution is -2.45. The Hall–Kier alpha value is -2.42. The molecule has 1 rings (SSSR count). The molecule has 0 aromatic rings. The number of carbonyl (C=O) groups is 4. The van der Waals surface area contributed by atoms with Gasteiger partial charge in [-0.3, -0.25) is 19.2 Å². The Labute approximate surface area is 132 Å². The van der Waals surface area contributed by atoms with Crippen LogP contribution in [0, 0.1) is 0 Å². The molecule has 0 radical (unpaired) electrons. The summed E-state index contributed by atoms with van der Waals surface area (Å²) in [6.45, 7) is 4.44. The lowest BCUT2D eigenvalue weighted by molar-refractivity contribution is -0.215. The fraction of sp³-hybridized carbons (Fsp3) is 0.571. The van der Waals surface area contributed by atoms with Gasteiger partial charge in [0.2, 0.25) is 0 Å². The molecule has 0 spiro atoms. The Morgan fingerprint density at radius 1 is 0.957 bits per heavy atom. The summed E-state index contributed by atoms with van der Waals surface area (Å²) in [6, 6.07) is 0. The second kappa shape index (κ2) is 8.28. The highest BCUT2D eigenvalue weighted by molar-refractivity contribution is 5.69. The Balaban J connectivity index is 3.03. The molecule has 9 heteroatoms. The van der Waals surface area contributed by atoms with Crippen LogP contribution in [0.15, 0.2) is 11.8 Å². The summed E-state index contributed by atoms with van der Waals surface area (Å²) in [5, 5.41) is 0. The molecule has 3 atom stereocenters. The summed E-state index contributed by atoms with van der Waals surface area (Å²) in [4.78, 5) is 44.4. The van der Waals surface area contributed by atoms with Crippen LogP contribution in [0.1, 0.15) is 27.7 Å². The summed E-state index contributed by atoms with van der Waals surface area (Å²) in [6.07, 6.45) is -1.95. The highest BCUT2D eigenvalue weighted by Gasteiger charge is 2.38. The fourth-order valence-corrected chi connectivity index (χ4v) is 1.77. The van der Waals surface area contributed by atoms with E-state index in [0.29, 0.717) is 0 Å². The topological polar surface area (TPSA) is 114 Å². The van der Waals surface area contributed by atoms with E-state index in [1.165, 1.54) is 19.9 Å². The molecule has 9 nitrogen and oxygen atoms in total. The van der Waals surface area contributed by atoms with E-state index in [1.807, 2.05) is 0 Å². The van der Waals surface area contributed by atoms with Crippen molar-refractivity contribution in [3.8, 4) is 0 Å². The maximum absolute atomic E-state index is 11.2. The van der Waals surface area contributed by atoms with Gasteiger partial charge in [0.15, 0.2) is 11.9 Å². The quantitative estimate of drug-likeness (QED) is 0.515. The van der Waals surface area contributed by atoms with Gasteiger partial charge in [-0.2, -0.15) is 0 Å². The van der Waals surface area contributed by atoms with Crippen LogP contribution in [-0.4, -0.2) is 49.0 Å². The highest BCUT2D eigenvalue weighted by Crippen LogP contribution is 2.24. The maximum Gasteiger partial charge on any atom is 0.307 e. The van der Waals surface area contributed by atoms with Crippen molar-refractivity contribution in [1.82, 2.24) is 0 Å². The first kappa shape index (κ1) is 18.6. The van der Waals surface area contributed by atoms with Crippen LogP contribution < -0.4 is 0 Å². The average Bonchev–Trinajstić information content (AvgIpc) is 2.38. The minimum atomic E-state index is -1.32. The number of esters is 4. The molecule has 0 amide bonds. The summed E-state index contributed by atoms with van der Waals surface area (Å²) < 4.78 is 25.1. The van der Waals surface area contributed by atoms with Gasteiger partial charge in [-0.1, -0.05) is 0 Å². The first-order valence-corrected chi connectivity index (χ1v) is 6.72. The zero-order valence-corrected chi connectivity index (χ0v) is 13.2. The third-order valence-electron chi connectivity index (χ3n) is 2.51. The van der Waals surface area contributed by atoms with E-state index in [-0.39, 0.29) is 12.4 Å². The molecule has 0 aromatic heterocycles. The molecule has 0 aromatic carbocycles. The summed E-state index contributed by atoms with van der Waals surface area (Å²) in [5.41, 5.74) is 0. The van der Waals surface area contributed by atoms with Crippen molar-refractivity contribution >= 4 is 23.9 Å². The van der Waals surface area contributed by atoms with Crippen LogP contribution in [0.2, 0.25) is 0 Å². The third-order valence-corrected chi connectivity index (χ3v) is 2.51. The van der Waals surface area contributed by atoms with Crippen LogP contribution in [0.3, 0.4) is 0 Å². The second-order valence-electron chi connectivity index (χ2n) is 4.66. The van der Waals surface area contributed by atoms with Crippen LogP contribution in [-0.2, 0) is 42.9 Å². The van der Waals surface area contributed by atoms with E-state index in [1.54, 1.807) is 0 Å². The molecule has 0 saturated heterocycles. The highest BCUT2D eigenvalue weighted by atomic mass is 16.7. The van der Waals surface area contributed by atoms with E-state index < -0.39 is 42.4 Å². The Kier molecular flexibility index (Phi) is 6.70. The van der Waals surface area contributed by atoms with Gasteiger partial charge in [-0.05, 0) is 0 Å². The number of ether oxygens (including phenoxy) is 5. The van der Waals surface area contributed by atoms with Crippen molar-refractivity contribution in [3.05, 3.63) is 11.8 Å². The van der Waals surface area contributed by atoms with Gasteiger partial charge in [0, 0.05) is 33.8 Å². The molecule has 0 bridgehead atoms. The van der Waals surface area contributed by atoms with E-state index in [4.69, 9.17) is 23.7 Å². The van der Waals surface area contributed by atoms with Crippen LogP contribution in [0.25, 0.3) is 0 Å². The van der Waals surface area contributed by atoms with Crippen LogP contribution in [0.5, 0.6) is 0 Å². The van der Waals surface area contributed by atoms with E-state index in [2.05, 4.69) is 0 Å². The van der Waals surface area contributed by atoms with Crippen LogP contribution >= 0.6 is 0 Å². The number of rotatable bonds is 5. The molecule has 0 saturated carbocycles. The van der Waals surface area contributed by atoms with Crippen LogP contribution in [0.4, 0.5) is 0 Å². The normalized spacial score (nSPS) is 23.3. The molecule has 0 fully saturated rings. The molecule has 1 aliphatic rings. The zero-order valence-electron chi connectivity index (χ0n) is 13.2. The Morgan fingerprint density at radius 3 is 2.04 bits per heavy atom. The van der Waals surface area contributed by atoms with Crippen molar-refractivity contribution < 1.29 is 42.9 Å². The first-order chi connectivity index (χ1) is 10.7. The Bertz CT molecular complexity index is 522. The second-order valence-corrected chi connectivity index (χ2v) is 4.66. The largest absolute Gasteiger partial charge is 0.463 e. The molecule has 128 valence electrons. The third kappa shape index (κ3) is 6.47. The van der Waals surface area contributed by atoms with Gasteiger partial charge in [-0.15, -0.1) is 0 Å². The van der Waals surface area contributed by atoms with Gasteiger partial charge in [0.1, 0.15) is 12.7 Å². The van der Waals surface area contributed by atoms with Crippen molar-refractivity contribution in [2.75, 3.05) is 6.61 Å². The van der Waals surface area contributed by atoms with Crippen molar-refractivity contribution in [2.45, 2.75) is 46.2 Å². The van der Waals surface area contributed by atoms with E-state index in [9.17, 15) is 19.2 Å². The van der Waals surface area contributed by atoms with Gasteiger partial charge >= 0.3 is 23.9 Å². The van der Waals surface area contributed by atoms with Crippen molar-refractivity contribution in [2.24, 2.45) is 0 Å². The summed E-state index contributed by atoms with van der Waals surface area (Å²) >= 11 is 0. The molecular weight excluding hydrogens is 312 g/mol. The molecule has 1 heterocycles. The standard InChI is InChI=1S/C14H18O9/c1-7(15)19-6-13-11(20-8(2)16)5-12(21-9(3)17)14(23-13)22-10(4)18/h5,11,13-14H,6H2,1-4H3/t11-,13+,14-/m0/s1. The first-order valence-electron chi connectivity index (χ1n) is 6.72. The van der Waals surface area contributed by atoms with Gasteiger partial charge < -0.3 is 23.7 Å². The van der Waals surface area contributed by atoms with E-state index >= 15 is 0 Å². The number of carbonyl (C=O) groups excluding carboxylic acids is 4. The predicted octanol–water partition coefficient (Wildman–Crippen LogP) is 0.216. The van der Waals surface area contributed by atoms with Gasteiger partial charge in [0.05, 0.1) is 0 Å². The maximum atomic E-state index is 11.2. The SMILES string of the molecule is CC(=O)OC[C@H]1O[C@H](OC(C)=O)C(OC(C)=O)=C[C@@H]1OC(C)=O. The number of hydrogen-bond acceptors (Lipinski definition) is 9. The fourth-order valence-electron chi connectivity index (χ4n) is 1.77. The molecule has 1 aliphatic heterocycles. The minimum Gasteiger partial charge on any atom is -0.463 e. The van der Waals surface area contributed by atoms with Gasteiger partial charge in [-0.25, -0.2) is 0 Å². The summed E-state index contributed by atoms with van der Waals surface area (Å²) in [7, 11) is 0. The molecule has 0 unspecified atom stereocenters. The molecule has 23 heavy (non-hydrogen) atoms. The van der Waals surface area contributed by atoms with Crippen molar-refractivity contribution in [1.29, 1.82) is 0 Å². The zero-order chi connectivity index (χ0) is 17.6. The van der Waals surface area contributed by atoms with Crippen molar-refractivity contribution in [3.63, 3.8) is 0 Å². The predicted molar refractivity (Wildman–Crippen MR) is 72.5 cm³/mol. The lowest BCUT2D eigenvalue weighted by atomic mass is 10.1. The monoisotopic (exact) mass is 330 g/mol. The summed E-state index contributed by atoms with van der Waals surface area (Å²) in [5.74, 6) is -2.65. The minimum absolute atomic E-state index is 0.127.